The zero-order valence-electron chi connectivity index (χ0n) is 10.6. The van der Waals surface area contributed by atoms with Crippen LogP contribution in [0, 0.1) is 0 Å². The molecule has 3 nitrogen and oxygen atoms in total. The molecule has 0 amide bonds. The summed E-state index contributed by atoms with van der Waals surface area (Å²) in [5.41, 5.74) is 4.71. The van der Waals surface area contributed by atoms with E-state index < -0.39 is 0 Å². The second-order valence-corrected chi connectivity index (χ2v) is 4.69. The minimum atomic E-state index is 0.671. The summed E-state index contributed by atoms with van der Waals surface area (Å²) in [6.45, 7) is 0. The summed E-state index contributed by atoms with van der Waals surface area (Å²) in [7, 11) is 0. The minimum absolute atomic E-state index is 0.671. The van der Waals surface area contributed by atoms with Crippen LogP contribution >= 0.6 is 11.6 Å². The van der Waals surface area contributed by atoms with Crippen molar-refractivity contribution in [3.8, 4) is 0 Å². The molecule has 0 aliphatic rings. The number of hydrogen-bond donors (Lipinski definition) is 1. The molecule has 1 heterocycles. The first-order valence-corrected chi connectivity index (χ1v) is 6.60. The quantitative estimate of drug-likeness (QED) is 0.573. The lowest BCUT2D eigenvalue weighted by Gasteiger charge is -2.02. The Kier molecular flexibility index (Phi) is 3.61. The fraction of sp³-hybridized carbons (Fsp3) is 0. The molecule has 0 fully saturated rings. The van der Waals surface area contributed by atoms with E-state index in [9.17, 15) is 0 Å². The molecule has 3 rings (SSSR count). The van der Waals surface area contributed by atoms with Crippen molar-refractivity contribution in [2.75, 3.05) is 5.43 Å². The lowest BCUT2D eigenvalue weighted by molar-refractivity contribution is 1.26. The van der Waals surface area contributed by atoms with E-state index in [1.54, 1.807) is 6.21 Å². The average Bonchev–Trinajstić information content (AvgIpc) is 2.49. The van der Waals surface area contributed by atoms with Gasteiger partial charge < -0.3 is 0 Å². The summed E-state index contributed by atoms with van der Waals surface area (Å²) in [4.78, 5) is 4.47. The Morgan fingerprint density at radius 3 is 2.65 bits per heavy atom. The fourth-order valence-corrected chi connectivity index (χ4v) is 2.06. The number of aromatic nitrogens is 1. The molecule has 0 bridgehead atoms. The van der Waals surface area contributed by atoms with Crippen molar-refractivity contribution >= 4 is 34.5 Å². The van der Waals surface area contributed by atoms with Crippen LogP contribution in [-0.2, 0) is 0 Å². The molecule has 2 aromatic carbocycles. The molecule has 0 atom stereocenters. The minimum Gasteiger partial charge on any atom is -0.261 e. The second kappa shape index (κ2) is 5.72. The average molecular weight is 282 g/mol. The van der Waals surface area contributed by atoms with Crippen molar-refractivity contribution < 1.29 is 0 Å². The second-order valence-electron chi connectivity index (χ2n) is 4.28. The van der Waals surface area contributed by atoms with Gasteiger partial charge in [0.05, 0.1) is 11.7 Å². The zero-order valence-corrected chi connectivity index (χ0v) is 11.4. The Labute approximate surface area is 121 Å². The number of nitrogens with one attached hydrogen (secondary N) is 1. The van der Waals surface area contributed by atoms with Gasteiger partial charge in [-0.2, -0.15) is 5.10 Å². The number of halogens is 1. The third kappa shape index (κ3) is 2.78. The van der Waals surface area contributed by atoms with Crippen LogP contribution in [0.2, 0.25) is 5.02 Å². The van der Waals surface area contributed by atoms with Crippen molar-refractivity contribution in [2.24, 2.45) is 5.10 Å². The predicted octanol–water partition coefficient (Wildman–Crippen LogP) is 4.33. The molecule has 0 aliphatic heterocycles. The first-order chi connectivity index (χ1) is 9.83. The van der Waals surface area contributed by atoms with Crippen LogP contribution in [0.15, 0.2) is 65.8 Å². The van der Waals surface area contributed by atoms with Crippen molar-refractivity contribution in [1.82, 2.24) is 4.98 Å². The Morgan fingerprint density at radius 2 is 1.75 bits per heavy atom. The number of anilines is 1. The van der Waals surface area contributed by atoms with Gasteiger partial charge in [-0.05, 0) is 24.3 Å². The Morgan fingerprint density at radius 1 is 0.950 bits per heavy atom. The van der Waals surface area contributed by atoms with Crippen LogP contribution in [0.1, 0.15) is 5.56 Å². The number of benzene rings is 2. The van der Waals surface area contributed by atoms with E-state index >= 15 is 0 Å². The maximum absolute atomic E-state index is 6.05. The molecular formula is C16H12ClN3. The van der Waals surface area contributed by atoms with Gasteiger partial charge in [0, 0.05) is 16.0 Å². The zero-order chi connectivity index (χ0) is 13.8. The fourth-order valence-electron chi connectivity index (χ4n) is 1.88. The van der Waals surface area contributed by atoms with Gasteiger partial charge in [0.1, 0.15) is 5.82 Å². The van der Waals surface area contributed by atoms with Gasteiger partial charge in [0.2, 0.25) is 0 Å². The largest absolute Gasteiger partial charge is 0.261 e. The van der Waals surface area contributed by atoms with E-state index in [2.05, 4.69) is 15.5 Å². The maximum atomic E-state index is 6.05. The normalized spacial score (nSPS) is 11.1. The van der Waals surface area contributed by atoms with Crippen LogP contribution in [0.5, 0.6) is 0 Å². The molecule has 3 aromatic rings. The third-order valence-electron chi connectivity index (χ3n) is 2.89. The highest BCUT2D eigenvalue weighted by Crippen LogP contribution is 2.15. The van der Waals surface area contributed by atoms with Crippen LogP contribution in [-0.4, -0.2) is 11.2 Å². The van der Waals surface area contributed by atoms with Gasteiger partial charge in [-0.3, -0.25) is 5.43 Å². The van der Waals surface area contributed by atoms with Crippen molar-refractivity contribution in [3.63, 3.8) is 0 Å². The SMILES string of the molecule is Clc1ccccc1/C=N/Nc1ccc2ccccc2n1. The molecule has 98 valence electrons. The molecule has 0 spiro atoms. The number of nitrogens with zero attached hydrogens (tertiary/aromatic N) is 2. The standard InChI is InChI=1S/C16H12ClN3/c17-14-7-3-1-6-13(14)11-18-20-16-10-9-12-5-2-4-8-15(12)19-16/h1-11H,(H,19,20)/b18-11+. The highest BCUT2D eigenvalue weighted by Gasteiger charge is 1.97. The summed E-state index contributed by atoms with van der Waals surface area (Å²) >= 11 is 6.05. The Bertz CT molecular complexity index is 768. The first-order valence-electron chi connectivity index (χ1n) is 6.22. The molecule has 0 unspecified atom stereocenters. The summed E-state index contributed by atoms with van der Waals surface area (Å²) < 4.78 is 0. The molecule has 0 radical (unpaired) electrons. The molecule has 0 saturated heterocycles. The van der Waals surface area contributed by atoms with Gasteiger partial charge in [0.15, 0.2) is 0 Å². The van der Waals surface area contributed by atoms with Crippen LogP contribution in [0.4, 0.5) is 5.82 Å². The van der Waals surface area contributed by atoms with E-state index in [4.69, 9.17) is 11.6 Å². The van der Waals surface area contributed by atoms with E-state index in [0.29, 0.717) is 10.8 Å². The lowest BCUT2D eigenvalue weighted by Crippen LogP contribution is -1.94. The van der Waals surface area contributed by atoms with Crippen molar-refractivity contribution in [3.05, 3.63) is 71.2 Å². The van der Waals surface area contributed by atoms with E-state index in [1.807, 2.05) is 60.7 Å². The monoisotopic (exact) mass is 281 g/mol. The highest BCUT2D eigenvalue weighted by molar-refractivity contribution is 6.33. The van der Waals surface area contributed by atoms with Gasteiger partial charge in [0.25, 0.3) is 0 Å². The molecule has 20 heavy (non-hydrogen) atoms. The maximum Gasteiger partial charge on any atom is 0.146 e. The van der Waals surface area contributed by atoms with Crippen molar-refractivity contribution in [1.29, 1.82) is 0 Å². The van der Waals surface area contributed by atoms with E-state index in [0.717, 1.165) is 16.5 Å². The molecule has 4 heteroatoms. The smallest absolute Gasteiger partial charge is 0.146 e. The Hall–Kier alpha value is -2.39. The van der Waals surface area contributed by atoms with Crippen LogP contribution < -0.4 is 5.43 Å². The number of para-hydroxylation sites is 1. The highest BCUT2D eigenvalue weighted by atomic mass is 35.5. The number of hydrazone groups is 1. The van der Waals surface area contributed by atoms with Crippen molar-refractivity contribution in [2.45, 2.75) is 0 Å². The summed E-state index contributed by atoms with van der Waals surface area (Å²) in [6.07, 6.45) is 1.68. The predicted molar refractivity (Wildman–Crippen MR) is 84.4 cm³/mol. The van der Waals surface area contributed by atoms with Crippen LogP contribution in [0.3, 0.4) is 0 Å². The molecule has 0 aliphatic carbocycles. The summed E-state index contributed by atoms with van der Waals surface area (Å²) in [6, 6.07) is 19.4. The summed E-state index contributed by atoms with van der Waals surface area (Å²) in [5, 5.41) is 5.93. The van der Waals surface area contributed by atoms with Gasteiger partial charge >= 0.3 is 0 Å². The topological polar surface area (TPSA) is 37.3 Å². The molecular weight excluding hydrogens is 270 g/mol. The molecule has 1 aromatic heterocycles. The van der Waals surface area contributed by atoms with Gasteiger partial charge in [-0.15, -0.1) is 0 Å². The number of hydrogen-bond acceptors (Lipinski definition) is 3. The van der Waals surface area contributed by atoms with Crippen LogP contribution in [0.25, 0.3) is 10.9 Å². The van der Waals surface area contributed by atoms with E-state index in [1.165, 1.54) is 0 Å². The number of pyridine rings is 1. The molecule has 0 saturated carbocycles. The summed E-state index contributed by atoms with van der Waals surface area (Å²) in [5.74, 6) is 0.701. The third-order valence-corrected chi connectivity index (χ3v) is 3.23. The Balaban J connectivity index is 1.78. The number of rotatable bonds is 3. The van der Waals surface area contributed by atoms with Gasteiger partial charge in [-0.1, -0.05) is 48.0 Å². The molecule has 1 N–H and O–H groups in total. The number of fused-ring (bicyclic) bond motifs is 1. The lowest BCUT2D eigenvalue weighted by atomic mass is 10.2. The van der Waals surface area contributed by atoms with Gasteiger partial charge in [-0.25, -0.2) is 4.98 Å². The van der Waals surface area contributed by atoms with E-state index in [-0.39, 0.29) is 0 Å². The first kappa shape index (κ1) is 12.6.